The van der Waals surface area contributed by atoms with Crippen LogP contribution < -0.4 is 0 Å². The molecule has 3 atom stereocenters. The van der Waals surface area contributed by atoms with Gasteiger partial charge < -0.3 is 14.2 Å². The maximum absolute atomic E-state index is 13.0. The van der Waals surface area contributed by atoms with E-state index in [-0.39, 0.29) is 23.1 Å². The molecule has 0 saturated carbocycles. The minimum Gasteiger partial charge on any atom is -0.459 e. The standard InChI is InChI=1S/C21H38N2O6S/c1-14(27-13-22(9)19(26)29-21(6,7)8)17(18(25)28-20(3,4)5)23-11-10-16(12-23)30-15(2)24/h14,16-17H,10-13H2,1-9H3. The van der Waals surface area contributed by atoms with Crippen LogP contribution in [0.15, 0.2) is 0 Å². The predicted octanol–water partition coefficient (Wildman–Crippen LogP) is 3.28. The minimum absolute atomic E-state index is 0.0190. The van der Waals surface area contributed by atoms with Crippen LogP contribution >= 0.6 is 11.8 Å². The van der Waals surface area contributed by atoms with Gasteiger partial charge in [0.2, 0.25) is 0 Å². The molecule has 0 aromatic heterocycles. The number of thioether (sulfide) groups is 1. The number of carbonyl (C=O) groups excluding carboxylic acids is 3. The van der Waals surface area contributed by atoms with Crippen LogP contribution in [0.4, 0.5) is 4.79 Å². The van der Waals surface area contributed by atoms with Crippen molar-refractivity contribution in [2.75, 3.05) is 26.9 Å². The fourth-order valence-corrected chi connectivity index (χ4v) is 4.01. The van der Waals surface area contributed by atoms with E-state index >= 15 is 0 Å². The molecular formula is C21H38N2O6S. The Balaban J connectivity index is 2.82. The van der Waals surface area contributed by atoms with Crippen molar-refractivity contribution >= 4 is 28.9 Å². The number of carbonyl (C=O) groups is 3. The SMILES string of the molecule is CC(=O)SC1CCN(C(C(=O)OC(C)(C)C)C(C)OCN(C)C(=O)OC(C)(C)C)C1. The van der Waals surface area contributed by atoms with Crippen molar-refractivity contribution in [3.63, 3.8) is 0 Å². The summed E-state index contributed by atoms with van der Waals surface area (Å²) in [6.07, 6.45) is -0.206. The van der Waals surface area contributed by atoms with Gasteiger partial charge in [0.1, 0.15) is 24.0 Å². The number of hydrogen-bond acceptors (Lipinski definition) is 8. The summed E-state index contributed by atoms with van der Waals surface area (Å²) in [6, 6.07) is -0.631. The molecule has 1 aliphatic rings. The van der Waals surface area contributed by atoms with Crippen molar-refractivity contribution in [2.24, 2.45) is 0 Å². The van der Waals surface area contributed by atoms with Crippen LogP contribution in [0.5, 0.6) is 0 Å². The van der Waals surface area contributed by atoms with E-state index in [9.17, 15) is 14.4 Å². The second-order valence-corrected chi connectivity index (χ2v) is 11.1. The zero-order valence-electron chi connectivity index (χ0n) is 19.8. The van der Waals surface area contributed by atoms with Crippen LogP contribution in [0.3, 0.4) is 0 Å². The van der Waals surface area contributed by atoms with E-state index in [1.807, 2.05) is 25.7 Å². The zero-order valence-corrected chi connectivity index (χ0v) is 20.6. The Bertz CT molecular complexity index is 614. The van der Waals surface area contributed by atoms with Crippen LogP contribution in [0, 0.1) is 0 Å². The number of likely N-dealkylation sites (tertiary alicyclic amines) is 1. The van der Waals surface area contributed by atoms with Gasteiger partial charge in [-0.15, -0.1) is 0 Å². The van der Waals surface area contributed by atoms with Crippen LogP contribution in [0.25, 0.3) is 0 Å². The molecule has 0 spiro atoms. The quantitative estimate of drug-likeness (QED) is 0.435. The lowest BCUT2D eigenvalue weighted by atomic mass is 10.1. The molecule has 0 N–H and O–H groups in total. The first kappa shape index (κ1) is 26.7. The molecule has 174 valence electrons. The minimum atomic E-state index is -0.631. The van der Waals surface area contributed by atoms with E-state index < -0.39 is 29.4 Å². The average Bonchev–Trinajstić information content (AvgIpc) is 2.96. The smallest absolute Gasteiger partial charge is 0.411 e. The van der Waals surface area contributed by atoms with Crippen molar-refractivity contribution in [1.29, 1.82) is 0 Å². The Morgan fingerprint density at radius 1 is 1.10 bits per heavy atom. The maximum Gasteiger partial charge on any atom is 0.411 e. The number of hydrogen-bond donors (Lipinski definition) is 0. The Labute approximate surface area is 185 Å². The van der Waals surface area contributed by atoms with Gasteiger partial charge >= 0.3 is 12.1 Å². The third kappa shape index (κ3) is 9.66. The molecule has 1 heterocycles. The summed E-state index contributed by atoms with van der Waals surface area (Å²) >= 11 is 1.30. The number of esters is 1. The summed E-state index contributed by atoms with van der Waals surface area (Å²) < 4.78 is 16.8. The zero-order chi connectivity index (χ0) is 23.3. The summed E-state index contributed by atoms with van der Waals surface area (Å²) in [6.45, 7) is 15.5. The molecule has 0 aliphatic carbocycles. The molecule has 1 rings (SSSR count). The highest BCUT2D eigenvalue weighted by molar-refractivity contribution is 8.14. The van der Waals surface area contributed by atoms with E-state index in [1.54, 1.807) is 41.7 Å². The maximum atomic E-state index is 13.0. The van der Waals surface area contributed by atoms with Gasteiger partial charge in [0, 0.05) is 32.3 Å². The second kappa shape index (κ2) is 10.8. The summed E-state index contributed by atoms with van der Waals surface area (Å²) in [7, 11) is 1.58. The van der Waals surface area contributed by atoms with Gasteiger partial charge in [-0.2, -0.15) is 0 Å². The average molecular weight is 447 g/mol. The number of rotatable bonds is 7. The highest BCUT2D eigenvalue weighted by Crippen LogP contribution is 2.27. The molecule has 0 radical (unpaired) electrons. The lowest BCUT2D eigenvalue weighted by molar-refractivity contribution is -0.168. The van der Waals surface area contributed by atoms with Gasteiger partial charge in [-0.1, -0.05) is 11.8 Å². The second-order valence-electron chi connectivity index (χ2n) is 9.67. The molecule has 1 fully saturated rings. The Hall–Kier alpha value is -1.32. The van der Waals surface area contributed by atoms with E-state index in [0.29, 0.717) is 13.1 Å². The van der Waals surface area contributed by atoms with Crippen LogP contribution in [0.2, 0.25) is 0 Å². The summed E-state index contributed by atoms with van der Waals surface area (Å²) in [5, 5.41) is 0.211. The Morgan fingerprint density at radius 3 is 2.17 bits per heavy atom. The molecule has 9 heteroatoms. The number of amides is 1. The first-order chi connectivity index (χ1) is 13.6. The number of ether oxygens (including phenoxy) is 3. The first-order valence-electron chi connectivity index (χ1n) is 10.3. The molecule has 0 aromatic rings. The van der Waals surface area contributed by atoms with Gasteiger partial charge in [0.25, 0.3) is 0 Å². The van der Waals surface area contributed by atoms with Crippen LogP contribution in [0.1, 0.15) is 61.8 Å². The lowest BCUT2D eigenvalue weighted by Crippen LogP contribution is -2.51. The highest BCUT2D eigenvalue weighted by atomic mass is 32.2. The fraction of sp³-hybridized carbons (Fsp3) is 0.857. The molecule has 3 unspecified atom stereocenters. The lowest BCUT2D eigenvalue weighted by Gasteiger charge is -2.34. The predicted molar refractivity (Wildman–Crippen MR) is 117 cm³/mol. The molecule has 30 heavy (non-hydrogen) atoms. The van der Waals surface area contributed by atoms with Crippen LogP contribution in [-0.2, 0) is 23.8 Å². The molecule has 0 aromatic carbocycles. The summed E-state index contributed by atoms with van der Waals surface area (Å²) in [5.74, 6) is -0.372. The van der Waals surface area contributed by atoms with Crippen LogP contribution in [-0.4, -0.2) is 82.4 Å². The fourth-order valence-electron chi connectivity index (χ4n) is 3.05. The third-order valence-electron chi connectivity index (χ3n) is 4.23. The molecule has 1 saturated heterocycles. The highest BCUT2D eigenvalue weighted by Gasteiger charge is 2.39. The van der Waals surface area contributed by atoms with Gasteiger partial charge in [-0.05, 0) is 54.9 Å². The molecule has 0 bridgehead atoms. The Kier molecular flexibility index (Phi) is 9.63. The topological polar surface area (TPSA) is 85.4 Å². The van der Waals surface area contributed by atoms with Crippen molar-refractivity contribution in [3.05, 3.63) is 0 Å². The molecule has 1 amide bonds. The van der Waals surface area contributed by atoms with Crippen molar-refractivity contribution in [2.45, 2.75) is 90.4 Å². The molecular weight excluding hydrogens is 408 g/mol. The first-order valence-corrected chi connectivity index (χ1v) is 11.2. The monoisotopic (exact) mass is 446 g/mol. The van der Waals surface area contributed by atoms with Gasteiger partial charge in [0.05, 0.1) is 6.10 Å². The van der Waals surface area contributed by atoms with E-state index in [4.69, 9.17) is 14.2 Å². The van der Waals surface area contributed by atoms with Crippen molar-refractivity contribution in [3.8, 4) is 0 Å². The van der Waals surface area contributed by atoms with E-state index in [1.165, 1.54) is 16.7 Å². The molecule has 1 aliphatic heterocycles. The third-order valence-corrected chi connectivity index (χ3v) is 5.28. The van der Waals surface area contributed by atoms with Crippen molar-refractivity contribution < 1.29 is 28.6 Å². The van der Waals surface area contributed by atoms with Crippen molar-refractivity contribution in [1.82, 2.24) is 9.80 Å². The van der Waals surface area contributed by atoms with E-state index in [2.05, 4.69) is 0 Å². The van der Waals surface area contributed by atoms with E-state index in [0.717, 1.165) is 6.42 Å². The number of nitrogens with zero attached hydrogens (tertiary/aromatic N) is 2. The van der Waals surface area contributed by atoms with Gasteiger partial charge in [0.15, 0.2) is 5.12 Å². The summed E-state index contributed by atoms with van der Waals surface area (Å²) in [4.78, 5) is 39.9. The molecule has 8 nitrogen and oxygen atoms in total. The van der Waals surface area contributed by atoms with Gasteiger partial charge in [-0.25, -0.2) is 4.79 Å². The normalized spacial score (nSPS) is 19.8. The van der Waals surface area contributed by atoms with Gasteiger partial charge in [-0.3, -0.25) is 19.4 Å². The largest absolute Gasteiger partial charge is 0.459 e. The Morgan fingerprint density at radius 2 is 1.67 bits per heavy atom. The summed E-state index contributed by atoms with van der Waals surface area (Å²) in [5.41, 5.74) is -1.23.